The van der Waals surface area contributed by atoms with Gasteiger partial charge in [0.05, 0.1) is 35.2 Å². The molecule has 0 unspecified atom stereocenters. The number of alkyl halides is 2. The average molecular weight is 545 g/mol. The highest BCUT2D eigenvalue weighted by Gasteiger charge is 2.56. The van der Waals surface area contributed by atoms with Crippen LogP contribution in [-0.2, 0) is 7.05 Å². The maximum atomic E-state index is 14.8. The fraction of sp³-hybridized carbons (Fsp3) is 0.259. The molecule has 0 spiro atoms. The zero-order valence-corrected chi connectivity index (χ0v) is 21.5. The Kier molecular flexibility index (Phi) is 6.07. The molecule has 0 bridgehead atoms. The minimum absolute atomic E-state index is 0.103. The molecule has 1 saturated heterocycles. The number of halogens is 4. The maximum absolute atomic E-state index is 14.8. The molecule has 38 heavy (non-hydrogen) atoms. The van der Waals surface area contributed by atoms with E-state index >= 15 is 0 Å². The quantitative estimate of drug-likeness (QED) is 0.381. The zero-order chi connectivity index (χ0) is 27.6. The average Bonchev–Trinajstić information content (AvgIpc) is 3.28. The molecule has 4 aromatic rings. The first-order chi connectivity index (χ1) is 17.8. The van der Waals surface area contributed by atoms with Crippen molar-refractivity contribution in [3.63, 3.8) is 0 Å². The van der Waals surface area contributed by atoms with Crippen molar-refractivity contribution in [1.82, 2.24) is 14.1 Å². The minimum Gasteiger partial charge on any atom is -0.507 e. The number of nitrogens with zero attached hydrogens (tertiary/aromatic N) is 4. The number of β-amino-alcohol motifs (C(OH)–C–C–N with tert-alkyl or cyclic N) is 1. The van der Waals surface area contributed by atoms with Gasteiger partial charge in [0.2, 0.25) is 0 Å². The predicted molar refractivity (Wildman–Crippen MR) is 139 cm³/mol. The van der Waals surface area contributed by atoms with E-state index in [1.54, 1.807) is 38.5 Å². The van der Waals surface area contributed by atoms with Gasteiger partial charge >= 0.3 is 5.69 Å². The molecule has 3 heterocycles. The van der Waals surface area contributed by atoms with Gasteiger partial charge in [0, 0.05) is 42.3 Å². The highest BCUT2D eigenvalue weighted by Crippen LogP contribution is 2.43. The van der Waals surface area contributed by atoms with Crippen LogP contribution in [-0.4, -0.2) is 48.9 Å². The number of imidazole rings is 1. The number of aliphatic hydroxyl groups is 1. The van der Waals surface area contributed by atoms with Gasteiger partial charge in [-0.05, 0) is 49.7 Å². The normalized spacial score (nSPS) is 18.8. The van der Waals surface area contributed by atoms with Gasteiger partial charge in [-0.25, -0.2) is 18.0 Å². The number of benzene rings is 2. The molecule has 1 atom stereocenters. The number of aromatic hydroxyl groups is 1. The van der Waals surface area contributed by atoms with Crippen molar-refractivity contribution < 1.29 is 23.4 Å². The van der Waals surface area contributed by atoms with E-state index < -0.39 is 23.9 Å². The van der Waals surface area contributed by atoms with Crippen molar-refractivity contribution in [3.05, 3.63) is 82.0 Å². The first-order valence-electron chi connectivity index (χ1n) is 11.7. The van der Waals surface area contributed by atoms with Crippen molar-refractivity contribution >= 4 is 17.3 Å². The fourth-order valence-electron chi connectivity index (χ4n) is 4.67. The number of aryl methyl sites for hydroxylation is 2. The van der Waals surface area contributed by atoms with E-state index in [9.17, 15) is 28.2 Å². The zero-order valence-electron chi connectivity index (χ0n) is 20.7. The summed E-state index contributed by atoms with van der Waals surface area (Å²) in [6.45, 7) is 1.70. The maximum Gasteiger partial charge on any atom is 0.332 e. The molecule has 0 aliphatic carbocycles. The molecule has 2 N–H and O–H groups in total. The summed E-state index contributed by atoms with van der Waals surface area (Å²) in [4.78, 5) is 17.9. The molecule has 1 aliphatic rings. The van der Waals surface area contributed by atoms with Crippen LogP contribution in [0.3, 0.4) is 0 Å². The Bertz CT molecular complexity index is 1610. The molecule has 2 aromatic heterocycles. The minimum atomic E-state index is -3.33. The number of rotatable bonds is 4. The monoisotopic (exact) mass is 544 g/mol. The molecule has 7 nitrogen and oxygen atoms in total. The molecule has 2 aromatic carbocycles. The molecular weight excluding hydrogens is 521 g/mol. The smallest absolute Gasteiger partial charge is 0.332 e. The van der Waals surface area contributed by atoms with Gasteiger partial charge in [0.1, 0.15) is 17.2 Å². The van der Waals surface area contributed by atoms with Gasteiger partial charge < -0.3 is 19.7 Å². The largest absolute Gasteiger partial charge is 0.507 e. The van der Waals surface area contributed by atoms with Crippen molar-refractivity contribution in [1.29, 1.82) is 0 Å². The van der Waals surface area contributed by atoms with Gasteiger partial charge in [-0.2, -0.15) is 0 Å². The summed E-state index contributed by atoms with van der Waals surface area (Å²) in [5.74, 6) is -4.24. The predicted octanol–water partition coefficient (Wildman–Crippen LogP) is 4.92. The molecule has 198 valence electrons. The number of hydrogen-bond acceptors (Lipinski definition) is 5. The van der Waals surface area contributed by atoms with Crippen LogP contribution < -0.4 is 10.6 Å². The van der Waals surface area contributed by atoms with Crippen LogP contribution in [0.2, 0.25) is 5.02 Å². The van der Waals surface area contributed by atoms with Crippen LogP contribution in [0.4, 0.5) is 18.9 Å². The Labute approximate surface area is 221 Å². The lowest BCUT2D eigenvalue weighted by Crippen LogP contribution is -2.43. The van der Waals surface area contributed by atoms with E-state index in [0.29, 0.717) is 28.2 Å². The summed E-state index contributed by atoms with van der Waals surface area (Å²) in [7, 11) is 1.61. The van der Waals surface area contributed by atoms with Crippen LogP contribution in [0.1, 0.15) is 12.6 Å². The van der Waals surface area contributed by atoms with Gasteiger partial charge in [0.15, 0.2) is 0 Å². The SMILES string of the molecule is Cc1ncc(-c2cc(F)cc(-c3ccc(-n4ccn(C)c4=O)c(Cl)c3)c2O)cc1N1CC(F)(F)[C@](C)(O)C1. The van der Waals surface area contributed by atoms with Crippen LogP contribution in [0.15, 0.2) is 59.8 Å². The lowest BCUT2D eigenvalue weighted by Gasteiger charge is -2.23. The van der Waals surface area contributed by atoms with Crippen molar-refractivity contribution in [2.75, 3.05) is 18.0 Å². The summed E-state index contributed by atoms with van der Waals surface area (Å²) in [5.41, 5.74) is -0.368. The summed E-state index contributed by atoms with van der Waals surface area (Å²) in [5, 5.41) is 21.5. The van der Waals surface area contributed by atoms with Gasteiger partial charge in [-0.1, -0.05) is 17.7 Å². The van der Waals surface area contributed by atoms with E-state index in [4.69, 9.17) is 11.6 Å². The summed E-state index contributed by atoms with van der Waals surface area (Å²) < 4.78 is 46.2. The third-order valence-electron chi connectivity index (χ3n) is 6.93. The summed E-state index contributed by atoms with van der Waals surface area (Å²) >= 11 is 6.46. The van der Waals surface area contributed by atoms with Crippen LogP contribution in [0.5, 0.6) is 5.75 Å². The Morgan fingerprint density at radius 3 is 2.29 bits per heavy atom. The number of pyridine rings is 1. The highest BCUT2D eigenvalue weighted by atomic mass is 35.5. The van der Waals surface area contributed by atoms with Crippen molar-refractivity contribution in [3.8, 4) is 33.7 Å². The van der Waals surface area contributed by atoms with Gasteiger partial charge in [0.25, 0.3) is 5.92 Å². The molecule has 11 heteroatoms. The molecule has 0 saturated carbocycles. The van der Waals surface area contributed by atoms with E-state index in [1.807, 2.05) is 0 Å². The molecule has 0 radical (unpaired) electrons. The number of aromatic nitrogens is 3. The molecular formula is C27H24ClF3N4O3. The Hall–Kier alpha value is -3.76. The molecule has 5 rings (SSSR count). The van der Waals surface area contributed by atoms with Crippen molar-refractivity contribution in [2.45, 2.75) is 25.4 Å². The van der Waals surface area contributed by atoms with Crippen LogP contribution in [0, 0.1) is 12.7 Å². The summed E-state index contributed by atoms with van der Waals surface area (Å²) in [6.07, 6.45) is 4.57. The van der Waals surface area contributed by atoms with E-state index in [-0.39, 0.29) is 34.1 Å². The highest BCUT2D eigenvalue weighted by molar-refractivity contribution is 6.32. The number of anilines is 1. The second kappa shape index (κ2) is 8.92. The topological polar surface area (TPSA) is 83.5 Å². The lowest BCUT2D eigenvalue weighted by molar-refractivity contribution is -0.134. The second-order valence-corrected chi connectivity index (χ2v) is 10.1. The van der Waals surface area contributed by atoms with Crippen LogP contribution in [0.25, 0.3) is 27.9 Å². The summed E-state index contributed by atoms with van der Waals surface area (Å²) in [6, 6.07) is 8.53. The number of phenols is 1. The van der Waals surface area contributed by atoms with Gasteiger partial charge in [-0.3, -0.25) is 9.55 Å². The van der Waals surface area contributed by atoms with E-state index in [1.165, 1.54) is 32.4 Å². The first-order valence-corrected chi connectivity index (χ1v) is 12.1. The van der Waals surface area contributed by atoms with Gasteiger partial charge in [-0.15, -0.1) is 0 Å². The fourth-order valence-corrected chi connectivity index (χ4v) is 4.94. The number of hydrogen-bond donors (Lipinski definition) is 2. The molecule has 0 amide bonds. The Morgan fingerprint density at radius 1 is 1.03 bits per heavy atom. The number of phenolic OH excluding ortho intramolecular Hbond substituents is 1. The Balaban J connectivity index is 1.56. The molecule has 1 fully saturated rings. The van der Waals surface area contributed by atoms with Crippen molar-refractivity contribution in [2.24, 2.45) is 7.05 Å². The molecule has 1 aliphatic heterocycles. The Morgan fingerprint density at radius 2 is 1.71 bits per heavy atom. The third kappa shape index (κ3) is 4.23. The van der Waals surface area contributed by atoms with E-state index in [2.05, 4.69) is 4.98 Å². The second-order valence-electron chi connectivity index (χ2n) is 9.74. The lowest BCUT2D eigenvalue weighted by atomic mass is 9.97. The first kappa shape index (κ1) is 25.9. The third-order valence-corrected chi connectivity index (χ3v) is 7.23. The van der Waals surface area contributed by atoms with Crippen LogP contribution >= 0.6 is 11.6 Å². The van der Waals surface area contributed by atoms with E-state index in [0.717, 1.165) is 19.1 Å². The standard InChI is InChI=1S/C27H24ClF3N4O3/c1-15-23(34-13-26(2,38)27(30,31)14-34)9-17(12-32-15)20-11-18(29)10-19(24(20)36)16-4-5-22(21(28)8-16)35-7-6-33(3)25(35)37/h4-12,36,38H,13-14H2,1-3H3/t26-/m1/s1.